The van der Waals surface area contributed by atoms with Gasteiger partial charge in [0.25, 0.3) is 0 Å². The molecule has 0 unspecified atom stereocenters. The van der Waals surface area contributed by atoms with Gasteiger partial charge in [-0.3, -0.25) is 5.10 Å². The van der Waals surface area contributed by atoms with Gasteiger partial charge in [-0.2, -0.15) is 10.4 Å². The predicted molar refractivity (Wildman–Crippen MR) is 88.4 cm³/mol. The van der Waals surface area contributed by atoms with Gasteiger partial charge >= 0.3 is 0 Å². The highest BCUT2D eigenvalue weighted by molar-refractivity contribution is 5.53. The molecular formula is C17H21N7. The molecule has 7 nitrogen and oxygen atoms in total. The molecule has 3 heterocycles. The molecule has 2 aromatic heterocycles. The van der Waals surface area contributed by atoms with Gasteiger partial charge in [-0.1, -0.05) is 13.8 Å². The summed E-state index contributed by atoms with van der Waals surface area (Å²) in [6, 6.07) is 2.20. The average Bonchev–Trinajstić information content (AvgIpc) is 3.15. The highest BCUT2D eigenvalue weighted by Gasteiger charge is 2.45. The number of hydrogen-bond acceptors (Lipinski definition) is 6. The van der Waals surface area contributed by atoms with Crippen LogP contribution in [-0.4, -0.2) is 38.2 Å². The van der Waals surface area contributed by atoms with E-state index in [-0.39, 0.29) is 0 Å². The van der Waals surface area contributed by atoms with Crippen molar-refractivity contribution in [1.82, 2.24) is 25.1 Å². The second-order valence-corrected chi connectivity index (χ2v) is 7.12. The summed E-state index contributed by atoms with van der Waals surface area (Å²) >= 11 is 0. The first-order chi connectivity index (χ1) is 11.7. The third-order valence-corrected chi connectivity index (χ3v) is 5.09. The smallest absolute Gasteiger partial charge is 0.153 e. The molecule has 0 aromatic carbocycles. The van der Waals surface area contributed by atoms with Crippen LogP contribution in [-0.2, 0) is 0 Å². The zero-order chi connectivity index (χ0) is 16.7. The van der Waals surface area contributed by atoms with Crippen LogP contribution in [0.25, 0.3) is 0 Å². The summed E-state index contributed by atoms with van der Waals surface area (Å²) in [7, 11) is 0. The van der Waals surface area contributed by atoms with Gasteiger partial charge in [0.1, 0.15) is 29.6 Å². The number of nitrogens with zero attached hydrogens (tertiary/aromatic N) is 6. The van der Waals surface area contributed by atoms with Crippen molar-refractivity contribution in [2.45, 2.75) is 38.5 Å². The Labute approximate surface area is 141 Å². The number of aromatic amines is 1. The Bertz CT molecular complexity index is 771. The lowest BCUT2D eigenvalue weighted by Crippen LogP contribution is -2.22. The van der Waals surface area contributed by atoms with E-state index < -0.39 is 0 Å². The predicted octanol–water partition coefficient (Wildman–Crippen LogP) is 2.22. The molecule has 2 aliphatic rings. The highest BCUT2D eigenvalue weighted by Crippen LogP contribution is 2.47. The van der Waals surface area contributed by atoms with Crippen molar-refractivity contribution < 1.29 is 0 Å². The van der Waals surface area contributed by atoms with Crippen LogP contribution in [0, 0.1) is 23.2 Å². The van der Waals surface area contributed by atoms with Gasteiger partial charge in [0.15, 0.2) is 5.82 Å². The van der Waals surface area contributed by atoms with E-state index in [0.717, 1.165) is 36.5 Å². The molecule has 7 heteroatoms. The van der Waals surface area contributed by atoms with Crippen molar-refractivity contribution in [3.63, 3.8) is 0 Å². The number of H-pyrrole nitrogens is 1. The molecule has 0 amide bonds. The van der Waals surface area contributed by atoms with Gasteiger partial charge in [0.05, 0.1) is 6.20 Å². The molecule has 0 radical (unpaired) electrons. The molecule has 0 spiro atoms. The zero-order valence-corrected chi connectivity index (χ0v) is 14.0. The van der Waals surface area contributed by atoms with Crippen LogP contribution in [0.5, 0.6) is 0 Å². The summed E-state index contributed by atoms with van der Waals surface area (Å²) in [4.78, 5) is 15.3. The third-order valence-electron chi connectivity index (χ3n) is 5.09. The summed E-state index contributed by atoms with van der Waals surface area (Å²) in [5.74, 6) is 4.52. The summed E-state index contributed by atoms with van der Waals surface area (Å²) in [5, 5.41) is 16.9. The van der Waals surface area contributed by atoms with Crippen LogP contribution in [0.3, 0.4) is 0 Å². The lowest BCUT2D eigenvalue weighted by Gasteiger charge is -2.17. The van der Waals surface area contributed by atoms with E-state index >= 15 is 0 Å². The molecule has 2 fully saturated rings. The monoisotopic (exact) mass is 323 g/mol. The summed E-state index contributed by atoms with van der Waals surface area (Å²) < 4.78 is 0. The maximum Gasteiger partial charge on any atom is 0.153 e. The molecule has 1 saturated heterocycles. The maximum atomic E-state index is 9.33. The molecule has 1 aliphatic heterocycles. The molecule has 124 valence electrons. The SMILES string of the molecule is CC(C)c1n[nH]c([C@H]2CN(c3ncncc3C#N)C[C@@H]2C2CC2)n1. The van der Waals surface area contributed by atoms with Crippen molar-refractivity contribution in [1.29, 1.82) is 5.26 Å². The van der Waals surface area contributed by atoms with E-state index in [0.29, 0.717) is 23.3 Å². The summed E-state index contributed by atoms with van der Waals surface area (Å²) in [6.07, 6.45) is 5.68. The van der Waals surface area contributed by atoms with E-state index in [1.165, 1.54) is 19.2 Å². The number of nitrogens with one attached hydrogen (secondary N) is 1. The van der Waals surface area contributed by atoms with Crippen LogP contribution < -0.4 is 4.90 Å². The van der Waals surface area contributed by atoms with E-state index in [9.17, 15) is 5.26 Å². The Balaban J connectivity index is 1.63. The van der Waals surface area contributed by atoms with E-state index in [1.807, 2.05) is 0 Å². The fourth-order valence-corrected chi connectivity index (χ4v) is 3.66. The molecule has 1 N–H and O–H groups in total. The van der Waals surface area contributed by atoms with Crippen molar-refractivity contribution in [2.24, 2.45) is 11.8 Å². The van der Waals surface area contributed by atoms with Gasteiger partial charge in [-0.15, -0.1) is 0 Å². The van der Waals surface area contributed by atoms with E-state index in [1.54, 1.807) is 6.20 Å². The molecule has 0 bridgehead atoms. The largest absolute Gasteiger partial charge is 0.354 e. The van der Waals surface area contributed by atoms with Crippen LogP contribution in [0.2, 0.25) is 0 Å². The third kappa shape index (κ3) is 2.62. The lowest BCUT2D eigenvalue weighted by atomic mass is 9.91. The molecule has 24 heavy (non-hydrogen) atoms. The highest BCUT2D eigenvalue weighted by atomic mass is 15.3. The van der Waals surface area contributed by atoms with Crippen LogP contribution in [0.15, 0.2) is 12.5 Å². The van der Waals surface area contributed by atoms with Crippen molar-refractivity contribution >= 4 is 5.82 Å². The fourth-order valence-electron chi connectivity index (χ4n) is 3.66. The van der Waals surface area contributed by atoms with Crippen molar-refractivity contribution in [3.05, 3.63) is 29.7 Å². The number of aromatic nitrogens is 5. The Morgan fingerprint density at radius 2 is 2.17 bits per heavy atom. The summed E-state index contributed by atoms with van der Waals surface area (Å²) in [6.45, 7) is 5.94. The van der Waals surface area contributed by atoms with Gasteiger partial charge in [0, 0.05) is 24.9 Å². The standard InChI is InChI=1S/C17H21N7/c1-10(2)15-21-16(23-22-15)14-8-24(7-13(14)11-3-4-11)17-12(5-18)6-19-9-20-17/h6,9-11,13-14H,3-4,7-8H2,1-2H3,(H,21,22,23)/t13-,14+/m1/s1. The minimum Gasteiger partial charge on any atom is -0.354 e. The van der Waals surface area contributed by atoms with E-state index in [4.69, 9.17) is 4.98 Å². The fraction of sp³-hybridized carbons (Fsp3) is 0.588. The van der Waals surface area contributed by atoms with Crippen LogP contribution in [0.4, 0.5) is 5.82 Å². The van der Waals surface area contributed by atoms with Gasteiger partial charge < -0.3 is 4.90 Å². The quantitative estimate of drug-likeness (QED) is 0.927. The summed E-state index contributed by atoms with van der Waals surface area (Å²) in [5.41, 5.74) is 0.535. The Morgan fingerprint density at radius 1 is 1.33 bits per heavy atom. The Kier molecular flexibility index (Phi) is 3.68. The van der Waals surface area contributed by atoms with Gasteiger partial charge in [0.2, 0.25) is 0 Å². The number of nitriles is 1. The zero-order valence-electron chi connectivity index (χ0n) is 14.0. The molecule has 2 aromatic rings. The number of hydrogen-bond donors (Lipinski definition) is 1. The van der Waals surface area contributed by atoms with Crippen molar-refractivity contribution in [3.8, 4) is 6.07 Å². The van der Waals surface area contributed by atoms with E-state index in [2.05, 4.69) is 45.0 Å². The lowest BCUT2D eigenvalue weighted by molar-refractivity contribution is 0.444. The van der Waals surface area contributed by atoms with Crippen LogP contribution >= 0.6 is 0 Å². The molecule has 2 atom stereocenters. The van der Waals surface area contributed by atoms with Gasteiger partial charge in [-0.05, 0) is 24.7 Å². The minimum atomic E-state index is 0.318. The Morgan fingerprint density at radius 3 is 2.83 bits per heavy atom. The number of rotatable bonds is 4. The second kappa shape index (κ2) is 5.86. The van der Waals surface area contributed by atoms with Gasteiger partial charge in [-0.25, -0.2) is 15.0 Å². The molecule has 1 saturated carbocycles. The molecular weight excluding hydrogens is 302 g/mol. The van der Waals surface area contributed by atoms with Crippen molar-refractivity contribution in [2.75, 3.05) is 18.0 Å². The molecule has 4 rings (SSSR count). The normalized spacial score (nSPS) is 23.7. The Hall–Kier alpha value is -2.49. The first-order valence-electron chi connectivity index (χ1n) is 8.54. The second-order valence-electron chi connectivity index (χ2n) is 7.12. The average molecular weight is 323 g/mol. The first-order valence-corrected chi connectivity index (χ1v) is 8.54. The minimum absolute atomic E-state index is 0.318. The first kappa shape index (κ1) is 15.1. The number of anilines is 1. The topological polar surface area (TPSA) is 94.4 Å². The van der Waals surface area contributed by atoms with Crippen LogP contribution in [0.1, 0.15) is 55.7 Å². The molecule has 1 aliphatic carbocycles. The maximum absolute atomic E-state index is 9.33.